The normalized spacial score (nSPS) is 13.8. The molecule has 0 aliphatic carbocycles. The molecule has 0 saturated carbocycles. The third-order valence-electron chi connectivity index (χ3n) is 3.60. The van der Waals surface area contributed by atoms with Gasteiger partial charge in [-0.1, -0.05) is 6.07 Å². The lowest BCUT2D eigenvalue weighted by atomic mass is 10.1. The van der Waals surface area contributed by atoms with Gasteiger partial charge in [0.05, 0.1) is 9.82 Å². The summed E-state index contributed by atoms with van der Waals surface area (Å²) in [5.74, 6) is -1.75. The largest absolute Gasteiger partial charge is 0.328 e. The van der Waals surface area contributed by atoms with Crippen LogP contribution in [0.4, 0.5) is 10.5 Å². The van der Waals surface area contributed by atoms with E-state index in [2.05, 4.69) is 9.97 Å². The SMILES string of the molecule is Cc1cc(C)nc(Sc2ccc(C=C3C(=O)NC(=O)NC3=O)cc2[N+](=O)[O-])n1. The minimum Gasteiger partial charge on any atom is -0.273 e. The summed E-state index contributed by atoms with van der Waals surface area (Å²) in [5.41, 5.74) is 1.18. The van der Waals surface area contributed by atoms with Crippen molar-refractivity contribution < 1.29 is 19.3 Å². The molecule has 0 unspecified atom stereocenters. The smallest absolute Gasteiger partial charge is 0.273 e. The van der Waals surface area contributed by atoms with Crippen molar-refractivity contribution in [2.45, 2.75) is 23.9 Å². The Labute approximate surface area is 162 Å². The highest BCUT2D eigenvalue weighted by Gasteiger charge is 2.28. The molecular formula is C17H13N5O5S. The number of hydrogen-bond donors (Lipinski definition) is 2. The molecule has 10 nitrogen and oxygen atoms in total. The first-order valence-electron chi connectivity index (χ1n) is 7.90. The monoisotopic (exact) mass is 399 g/mol. The molecule has 1 saturated heterocycles. The zero-order valence-electron chi connectivity index (χ0n) is 14.7. The fourth-order valence-electron chi connectivity index (χ4n) is 2.46. The van der Waals surface area contributed by atoms with Crippen molar-refractivity contribution in [3.63, 3.8) is 0 Å². The van der Waals surface area contributed by atoms with Gasteiger partial charge in [0.2, 0.25) is 0 Å². The lowest BCUT2D eigenvalue weighted by Gasteiger charge is -2.13. The van der Waals surface area contributed by atoms with Crippen LogP contribution in [0.5, 0.6) is 0 Å². The average Bonchev–Trinajstić information content (AvgIpc) is 2.58. The van der Waals surface area contributed by atoms with Crippen molar-refractivity contribution in [3.8, 4) is 0 Å². The zero-order valence-corrected chi connectivity index (χ0v) is 15.5. The third kappa shape index (κ3) is 4.20. The first kappa shape index (κ1) is 19.2. The van der Waals surface area contributed by atoms with Crippen molar-refractivity contribution in [3.05, 3.63) is 56.9 Å². The van der Waals surface area contributed by atoms with Crippen molar-refractivity contribution in [2.24, 2.45) is 0 Å². The number of imide groups is 2. The molecule has 1 aromatic carbocycles. The number of benzene rings is 1. The highest BCUT2D eigenvalue weighted by atomic mass is 32.2. The number of nitrogens with zero attached hydrogens (tertiary/aromatic N) is 3. The number of nitro groups is 1. The molecule has 1 aliphatic heterocycles. The zero-order chi connectivity index (χ0) is 20.4. The van der Waals surface area contributed by atoms with Gasteiger partial charge < -0.3 is 0 Å². The van der Waals surface area contributed by atoms with Gasteiger partial charge in [0.25, 0.3) is 17.5 Å². The summed E-state index contributed by atoms with van der Waals surface area (Å²) in [4.78, 5) is 54.4. The second kappa shape index (κ2) is 7.56. The number of urea groups is 1. The molecule has 4 amide bonds. The van der Waals surface area contributed by atoms with Crippen molar-refractivity contribution in [1.29, 1.82) is 0 Å². The molecule has 3 rings (SSSR count). The number of carbonyl (C=O) groups excluding carboxylic acids is 3. The highest BCUT2D eigenvalue weighted by molar-refractivity contribution is 7.99. The first-order chi connectivity index (χ1) is 13.2. The highest BCUT2D eigenvalue weighted by Crippen LogP contribution is 2.34. The number of aryl methyl sites for hydroxylation is 2. The van der Waals surface area contributed by atoms with E-state index in [9.17, 15) is 24.5 Å². The summed E-state index contributed by atoms with van der Waals surface area (Å²) in [5, 5.41) is 15.7. The van der Waals surface area contributed by atoms with Crippen LogP contribution in [0.25, 0.3) is 6.08 Å². The number of rotatable bonds is 4. The minimum atomic E-state index is -0.918. The van der Waals surface area contributed by atoms with Crippen LogP contribution in [0, 0.1) is 24.0 Å². The molecule has 1 fully saturated rings. The number of carbonyl (C=O) groups is 3. The van der Waals surface area contributed by atoms with E-state index in [-0.39, 0.29) is 16.8 Å². The van der Waals surface area contributed by atoms with Crippen LogP contribution in [-0.2, 0) is 9.59 Å². The second-order valence-electron chi connectivity index (χ2n) is 5.82. The quantitative estimate of drug-likeness (QED) is 0.261. The first-order valence-corrected chi connectivity index (χ1v) is 8.71. The average molecular weight is 399 g/mol. The molecule has 1 aliphatic rings. The Hall–Kier alpha value is -3.60. The fourth-order valence-corrected chi connectivity index (χ4v) is 3.41. The molecule has 11 heteroatoms. The molecule has 1 aromatic heterocycles. The van der Waals surface area contributed by atoms with Crippen LogP contribution in [0.3, 0.4) is 0 Å². The van der Waals surface area contributed by atoms with E-state index >= 15 is 0 Å². The van der Waals surface area contributed by atoms with E-state index in [1.807, 2.05) is 10.6 Å². The molecule has 2 aromatic rings. The molecule has 0 radical (unpaired) electrons. The summed E-state index contributed by atoms with van der Waals surface area (Å²) in [6, 6.07) is 5.11. The Morgan fingerprint density at radius 1 is 1.04 bits per heavy atom. The molecule has 2 N–H and O–H groups in total. The van der Waals surface area contributed by atoms with Crippen molar-refractivity contribution in [1.82, 2.24) is 20.6 Å². The fraction of sp³-hybridized carbons (Fsp3) is 0.118. The summed E-state index contributed by atoms with van der Waals surface area (Å²) in [7, 11) is 0. The Morgan fingerprint density at radius 2 is 1.64 bits per heavy atom. The van der Waals surface area contributed by atoms with Gasteiger partial charge in [-0.3, -0.25) is 30.3 Å². The van der Waals surface area contributed by atoms with E-state index < -0.39 is 22.8 Å². The number of hydrogen-bond acceptors (Lipinski definition) is 8. The summed E-state index contributed by atoms with van der Waals surface area (Å²) < 4.78 is 0. The number of nitro benzene ring substituents is 1. The van der Waals surface area contributed by atoms with Crippen LogP contribution in [0.1, 0.15) is 17.0 Å². The van der Waals surface area contributed by atoms with E-state index in [4.69, 9.17) is 0 Å². The number of amides is 4. The Kier molecular flexibility index (Phi) is 5.18. The number of barbiturate groups is 1. The second-order valence-corrected chi connectivity index (χ2v) is 6.82. The van der Waals surface area contributed by atoms with Gasteiger partial charge in [-0.25, -0.2) is 14.8 Å². The summed E-state index contributed by atoms with van der Waals surface area (Å²) >= 11 is 1.04. The van der Waals surface area contributed by atoms with Gasteiger partial charge in [0.15, 0.2) is 5.16 Å². The van der Waals surface area contributed by atoms with Gasteiger partial charge in [0.1, 0.15) is 5.57 Å². The lowest BCUT2D eigenvalue weighted by molar-refractivity contribution is -0.387. The van der Waals surface area contributed by atoms with Gasteiger partial charge >= 0.3 is 6.03 Å². The Balaban J connectivity index is 1.96. The van der Waals surface area contributed by atoms with E-state index in [0.29, 0.717) is 10.1 Å². The molecule has 142 valence electrons. The Morgan fingerprint density at radius 3 is 2.21 bits per heavy atom. The molecule has 2 heterocycles. The maximum absolute atomic E-state index is 11.8. The molecule has 28 heavy (non-hydrogen) atoms. The van der Waals surface area contributed by atoms with Crippen LogP contribution in [0.2, 0.25) is 0 Å². The third-order valence-corrected chi connectivity index (χ3v) is 4.53. The van der Waals surface area contributed by atoms with Gasteiger partial charge in [-0.15, -0.1) is 0 Å². The summed E-state index contributed by atoms with van der Waals surface area (Å²) in [6.45, 7) is 3.60. The Bertz CT molecular complexity index is 1020. The van der Waals surface area contributed by atoms with Gasteiger partial charge in [0, 0.05) is 17.5 Å². The van der Waals surface area contributed by atoms with Crippen LogP contribution >= 0.6 is 11.8 Å². The standard InChI is InChI=1S/C17H13N5O5S/c1-8-5-9(2)19-17(18-8)28-13-4-3-10(7-12(13)22(26)27)6-11-14(23)20-16(25)21-15(11)24/h3-7H,1-2H3,(H2,20,21,23,24,25). The molecule has 0 atom stereocenters. The van der Waals surface area contributed by atoms with Gasteiger partial charge in [-0.2, -0.15) is 0 Å². The predicted molar refractivity (Wildman–Crippen MR) is 98.4 cm³/mol. The van der Waals surface area contributed by atoms with E-state index in [0.717, 1.165) is 23.1 Å². The van der Waals surface area contributed by atoms with E-state index in [1.54, 1.807) is 19.9 Å². The number of aromatic nitrogens is 2. The maximum Gasteiger partial charge on any atom is 0.328 e. The molecular weight excluding hydrogens is 386 g/mol. The summed E-state index contributed by atoms with van der Waals surface area (Å²) in [6.07, 6.45) is 1.17. The van der Waals surface area contributed by atoms with E-state index in [1.165, 1.54) is 24.3 Å². The maximum atomic E-state index is 11.8. The van der Waals surface area contributed by atoms with Crippen LogP contribution in [-0.4, -0.2) is 32.7 Å². The lowest BCUT2D eigenvalue weighted by Crippen LogP contribution is -2.51. The minimum absolute atomic E-state index is 0.227. The van der Waals surface area contributed by atoms with Crippen LogP contribution in [0.15, 0.2) is 39.9 Å². The number of nitrogens with one attached hydrogen (secondary N) is 2. The molecule has 0 spiro atoms. The molecule has 0 bridgehead atoms. The van der Waals surface area contributed by atoms with Crippen LogP contribution < -0.4 is 10.6 Å². The predicted octanol–water partition coefficient (Wildman–Crippen LogP) is 1.90. The van der Waals surface area contributed by atoms with Crippen molar-refractivity contribution in [2.75, 3.05) is 0 Å². The van der Waals surface area contributed by atoms with Gasteiger partial charge in [-0.05, 0) is 49.4 Å². The van der Waals surface area contributed by atoms with Crippen molar-refractivity contribution >= 4 is 41.4 Å². The topological polar surface area (TPSA) is 144 Å².